The molecule has 0 atom stereocenters. The van der Waals surface area contributed by atoms with Gasteiger partial charge in [-0.25, -0.2) is 8.78 Å². The monoisotopic (exact) mass is 211 g/mol. The van der Waals surface area contributed by atoms with Crippen LogP contribution in [0.3, 0.4) is 0 Å². The van der Waals surface area contributed by atoms with Gasteiger partial charge in [-0.1, -0.05) is 0 Å². The standard InChI is InChI=1S/C11H11F2NO/c1-2-3-4-5-15-11-7-8(12)10(14)6-9(11)13/h6-7H,4-5,14H2,1H3. The lowest BCUT2D eigenvalue weighted by molar-refractivity contribution is 0.308. The Morgan fingerprint density at radius 3 is 2.73 bits per heavy atom. The van der Waals surface area contributed by atoms with Crippen LogP contribution >= 0.6 is 0 Å². The minimum absolute atomic E-state index is 0.139. The third-order valence-electron chi connectivity index (χ3n) is 1.71. The fourth-order valence-electron chi connectivity index (χ4n) is 0.992. The van der Waals surface area contributed by atoms with Gasteiger partial charge in [0.15, 0.2) is 11.6 Å². The van der Waals surface area contributed by atoms with E-state index in [0.717, 1.165) is 12.1 Å². The van der Waals surface area contributed by atoms with Gasteiger partial charge in [-0.2, -0.15) is 0 Å². The molecule has 0 fully saturated rings. The number of halogens is 2. The maximum atomic E-state index is 13.1. The molecule has 0 radical (unpaired) electrons. The summed E-state index contributed by atoms with van der Waals surface area (Å²) >= 11 is 0. The number of ether oxygens (including phenoxy) is 1. The van der Waals surface area contributed by atoms with Crippen molar-refractivity contribution in [2.24, 2.45) is 0 Å². The van der Waals surface area contributed by atoms with Crippen molar-refractivity contribution in [3.8, 4) is 17.6 Å². The van der Waals surface area contributed by atoms with Gasteiger partial charge < -0.3 is 10.5 Å². The molecule has 0 aliphatic rings. The van der Waals surface area contributed by atoms with E-state index in [4.69, 9.17) is 10.5 Å². The summed E-state index contributed by atoms with van der Waals surface area (Å²) in [6, 6.07) is 1.83. The van der Waals surface area contributed by atoms with Gasteiger partial charge in [0.25, 0.3) is 0 Å². The van der Waals surface area contributed by atoms with E-state index in [1.54, 1.807) is 6.92 Å². The summed E-state index contributed by atoms with van der Waals surface area (Å²) in [5.74, 6) is 3.92. The number of nitrogens with two attached hydrogens (primary N) is 1. The Bertz CT molecular complexity index is 407. The molecule has 0 aliphatic carbocycles. The van der Waals surface area contributed by atoms with E-state index in [9.17, 15) is 8.78 Å². The smallest absolute Gasteiger partial charge is 0.167 e. The second kappa shape index (κ2) is 5.20. The molecule has 0 aliphatic heterocycles. The fraction of sp³-hybridized carbons (Fsp3) is 0.273. The highest BCUT2D eigenvalue weighted by Crippen LogP contribution is 2.22. The van der Waals surface area contributed by atoms with Gasteiger partial charge in [-0.15, -0.1) is 11.8 Å². The predicted molar refractivity (Wildman–Crippen MR) is 54.3 cm³/mol. The van der Waals surface area contributed by atoms with E-state index in [2.05, 4.69) is 11.8 Å². The highest BCUT2D eigenvalue weighted by molar-refractivity contribution is 5.44. The molecule has 15 heavy (non-hydrogen) atoms. The normalized spacial score (nSPS) is 9.27. The number of benzene rings is 1. The number of hydrogen-bond donors (Lipinski definition) is 1. The average Bonchev–Trinajstić information content (AvgIpc) is 2.20. The van der Waals surface area contributed by atoms with Gasteiger partial charge in [0.1, 0.15) is 5.82 Å². The molecule has 80 valence electrons. The summed E-state index contributed by atoms with van der Waals surface area (Å²) < 4.78 is 31.1. The lowest BCUT2D eigenvalue weighted by Gasteiger charge is -2.06. The molecule has 0 amide bonds. The summed E-state index contributed by atoms with van der Waals surface area (Å²) in [6.45, 7) is 1.92. The van der Waals surface area contributed by atoms with Crippen LogP contribution in [-0.2, 0) is 0 Å². The molecule has 0 unspecified atom stereocenters. The van der Waals surface area contributed by atoms with Crippen LogP contribution in [0.5, 0.6) is 5.75 Å². The first kappa shape index (κ1) is 11.3. The highest BCUT2D eigenvalue weighted by atomic mass is 19.1. The van der Waals surface area contributed by atoms with Gasteiger partial charge in [0, 0.05) is 18.6 Å². The van der Waals surface area contributed by atoms with Crippen LogP contribution < -0.4 is 10.5 Å². The van der Waals surface area contributed by atoms with Crippen LogP contribution in [0, 0.1) is 23.5 Å². The van der Waals surface area contributed by atoms with Crippen LogP contribution in [0.1, 0.15) is 13.3 Å². The molecule has 1 aromatic rings. The largest absolute Gasteiger partial charge is 0.489 e. The Kier molecular flexibility index (Phi) is 3.92. The fourth-order valence-corrected chi connectivity index (χ4v) is 0.992. The van der Waals surface area contributed by atoms with Gasteiger partial charge in [-0.3, -0.25) is 0 Å². The average molecular weight is 211 g/mol. The first-order valence-electron chi connectivity index (χ1n) is 4.42. The molecule has 0 saturated carbocycles. The van der Waals surface area contributed by atoms with Crippen molar-refractivity contribution >= 4 is 5.69 Å². The second-order valence-electron chi connectivity index (χ2n) is 2.83. The van der Waals surface area contributed by atoms with E-state index in [-0.39, 0.29) is 18.0 Å². The Morgan fingerprint density at radius 2 is 2.07 bits per heavy atom. The number of rotatable bonds is 3. The van der Waals surface area contributed by atoms with Crippen LogP contribution in [-0.4, -0.2) is 6.61 Å². The van der Waals surface area contributed by atoms with E-state index in [0.29, 0.717) is 6.42 Å². The summed E-state index contributed by atoms with van der Waals surface area (Å²) in [4.78, 5) is 0. The maximum Gasteiger partial charge on any atom is 0.167 e. The maximum absolute atomic E-state index is 13.1. The van der Waals surface area contributed by atoms with E-state index >= 15 is 0 Å². The molecule has 0 heterocycles. The van der Waals surface area contributed by atoms with Crippen molar-refractivity contribution in [3.63, 3.8) is 0 Å². The molecule has 0 spiro atoms. The molecule has 0 saturated heterocycles. The number of anilines is 1. The summed E-state index contributed by atoms with van der Waals surface area (Å²) in [6.07, 6.45) is 0.474. The van der Waals surface area contributed by atoms with Crippen molar-refractivity contribution in [1.29, 1.82) is 0 Å². The van der Waals surface area contributed by atoms with E-state index in [1.807, 2.05) is 0 Å². The zero-order valence-electron chi connectivity index (χ0n) is 8.31. The van der Waals surface area contributed by atoms with Crippen molar-refractivity contribution in [3.05, 3.63) is 23.8 Å². The Balaban J connectivity index is 2.67. The summed E-state index contributed by atoms with van der Waals surface area (Å²) in [5.41, 5.74) is 4.94. The van der Waals surface area contributed by atoms with Crippen LogP contribution in [0.2, 0.25) is 0 Å². The second-order valence-corrected chi connectivity index (χ2v) is 2.83. The highest BCUT2D eigenvalue weighted by Gasteiger charge is 2.08. The molecule has 2 nitrogen and oxygen atoms in total. The van der Waals surface area contributed by atoms with Crippen molar-refractivity contribution in [2.45, 2.75) is 13.3 Å². The van der Waals surface area contributed by atoms with Crippen LogP contribution in [0.25, 0.3) is 0 Å². The molecule has 1 aromatic carbocycles. The van der Waals surface area contributed by atoms with Crippen molar-refractivity contribution < 1.29 is 13.5 Å². The third kappa shape index (κ3) is 3.13. The molecular formula is C11H11F2NO. The lowest BCUT2D eigenvalue weighted by Crippen LogP contribution is -2.00. The minimum Gasteiger partial charge on any atom is -0.489 e. The van der Waals surface area contributed by atoms with Crippen molar-refractivity contribution in [1.82, 2.24) is 0 Å². The van der Waals surface area contributed by atoms with Crippen LogP contribution in [0.15, 0.2) is 12.1 Å². The topological polar surface area (TPSA) is 35.2 Å². The van der Waals surface area contributed by atoms with Gasteiger partial charge in [0.2, 0.25) is 0 Å². The minimum atomic E-state index is -0.687. The Hall–Kier alpha value is -1.76. The van der Waals surface area contributed by atoms with Gasteiger partial charge in [0.05, 0.1) is 12.3 Å². The Labute approximate surface area is 87.0 Å². The predicted octanol–water partition coefficient (Wildman–Crippen LogP) is 2.34. The first-order chi connectivity index (χ1) is 7.15. The third-order valence-corrected chi connectivity index (χ3v) is 1.71. The molecule has 0 aromatic heterocycles. The van der Waals surface area contributed by atoms with Gasteiger partial charge >= 0.3 is 0 Å². The molecule has 4 heteroatoms. The summed E-state index contributed by atoms with van der Waals surface area (Å²) in [5, 5.41) is 0. The molecule has 0 bridgehead atoms. The van der Waals surface area contributed by atoms with E-state index < -0.39 is 11.6 Å². The van der Waals surface area contributed by atoms with Crippen molar-refractivity contribution in [2.75, 3.05) is 12.3 Å². The Morgan fingerprint density at radius 1 is 1.33 bits per heavy atom. The van der Waals surface area contributed by atoms with Gasteiger partial charge in [-0.05, 0) is 6.92 Å². The molecule has 2 N–H and O–H groups in total. The quantitative estimate of drug-likeness (QED) is 0.473. The molecule has 1 rings (SSSR count). The zero-order valence-corrected chi connectivity index (χ0v) is 8.31. The first-order valence-corrected chi connectivity index (χ1v) is 4.42. The summed E-state index contributed by atoms with van der Waals surface area (Å²) in [7, 11) is 0. The van der Waals surface area contributed by atoms with E-state index in [1.165, 1.54) is 0 Å². The molecular weight excluding hydrogens is 200 g/mol. The zero-order chi connectivity index (χ0) is 11.3. The van der Waals surface area contributed by atoms with Crippen LogP contribution in [0.4, 0.5) is 14.5 Å². The number of nitrogen functional groups attached to an aromatic ring is 1. The SMILES string of the molecule is CC#CCCOc1cc(F)c(N)cc1F. The lowest BCUT2D eigenvalue weighted by atomic mass is 10.3. The number of hydrogen-bond acceptors (Lipinski definition) is 2.